The van der Waals surface area contributed by atoms with E-state index in [1.807, 2.05) is 0 Å². The lowest BCUT2D eigenvalue weighted by atomic mass is 10.1. The van der Waals surface area contributed by atoms with Gasteiger partial charge < -0.3 is 10.5 Å². The second-order valence-electron chi connectivity index (χ2n) is 4.84. The third-order valence-electron chi connectivity index (χ3n) is 2.01. The molecule has 1 rings (SSSR count). The van der Waals surface area contributed by atoms with E-state index in [1.165, 1.54) is 6.07 Å². The maximum Gasteiger partial charge on any atom is 0.416 e. The summed E-state index contributed by atoms with van der Waals surface area (Å²) in [4.78, 5) is 0. The van der Waals surface area contributed by atoms with Gasteiger partial charge in [-0.25, -0.2) is 0 Å². The zero-order valence-corrected chi connectivity index (χ0v) is 10.4. The summed E-state index contributed by atoms with van der Waals surface area (Å²) < 4.78 is 43.1. The molecule has 0 bridgehead atoms. The number of halogens is 3. The van der Waals surface area contributed by atoms with Crippen LogP contribution in [0.15, 0.2) is 18.2 Å². The summed E-state index contributed by atoms with van der Waals surface area (Å²) in [5.41, 5.74) is 3.79. The molecule has 0 atom stereocenters. The maximum atomic E-state index is 12.5. The number of nitrogens with one attached hydrogen (secondary N) is 1. The topological polar surface area (TPSA) is 59.1 Å². The van der Waals surface area contributed by atoms with Gasteiger partial charge in [-0.3, -0.25) is 5.41 Å². The van der Waals surface area contributed by atoms with E-state index in [4.69, 9.17) is 15.9 Å². The highest BCUT2D eigenvalue weighted by atomic mass is 19.4. The first-order valence-corrected chi connectivity index (χ1v) is 5.25. The largest absolute Gasteiger partial charge is 0.487 e. The molecule has 0 aliphatic carbocycles. The van der Waals surface area contributed by atoms with Gasteiger partial charge in [-0.2, -0.15) is 13.2 Å². The highest BCUT2D eigenvalue weighted by molar-refractivity contribution is 5.97. The van der Waals surface area contributed by atoms with Crippen LogP contribution in [0.5, 0.6) is 5.75 Å². The smallest absolute Gasteiger partial charge is 0.416 e. The Balaban J connectivity index is 3.26. The van der Waals surface area contributed by atoms with Crippen molar-refractivity contribution in [2.75, 3.05) is 0 Å². The molecule has 1 aromatic rings. The predicted octanol–water partition coefficient (Wildman–Crippen LogP) is 3.17. The fourth-order valence-corrected chi connectivity index (χ4v) is 1.34. The molecule has 0 heterocycles. The third kappa shape index (κ3) is 3.65. The van der Waals surface area contributed by atoms with Crippen molar-refractivity contribution >= 4 is 5.84 Å². The summed E-state index contributed by atoms with van der Waals surface area (Å²) in [5.74, 6) is -0.289. The van der Waals surface area contributed by atoms with Crippen LogP contribution < -0.4 is 10.5 Å². The molecule has 0 aliphatic rings. The predicted molar refractivity (Wildman–Crippen MR) is 62.8 cm³/mol. The van der Waals surface area contributed by atoms with Crippen LogP contribution in [0, 0.1) is 5.41 Å². The summed E-state index contributed by atoms with van der Waals surface area (Å²) in [5, 5.41) is 7.32. The molecule has 0 fully saturated rings. The molecule has 0 aliphatic heterocycles. The van der Waals surface area contributed by atoms with E-state index in [-0.39, 0.29) is 11.3 Å². The van der Waals surface area contributed by atoms with Gasteiger partial charge in [0.2, 0.25) is 0 Å². The van der Waals surface area contributed by atoms with Crippen LogP contribution in [0.25, 0.3) is 0 Å². The number of rotatable bonds is 2. The summed E-state index contributed by atoms with van der Waals surface area (Å²) in [6, 6.07) is 2.92. The van der Waals surface area contributed by atoms with Gasteiger partial charge in [0, 0.05) is 0 Å². The summed E-state index contributed by atoms with van der Waals surface area (Å²) in [6.07, 6.45) is -4.47. The van der Waals surface area contributed by atoms with Gasteiger partial charge in [-0.1, -0.05) is 0 Å². The number of amidine groups is 1. The molecule has 0 aromatic heterocycles. The molecule has 1 aromatic carbocycles. The lowest BCUT2D eigenvalue weighted by Crippen LogP contribution is -2.25. The number of alkyl halides is 3. The van der Waals surface area contributed by atoms with E-state index in [2.05, 4.69) is 0 Å². The van der Waals surface area contributed by atoms with Gasteiger partial charge in [0.15, 0.2) is 0 Å². The standard InChI is InChI=1S/C12H15F3N2O/c1-11(2,3)18-9-5-4-7(12(13,14)15)6-8(9)10(16)17/h4-6H,1-3H3,(H3,16,17). The second kappa shape index (κ2) is 4.51. The maximum absolute atomic E-state index is 12.5. The number of nitrogens with two attached hydrogens (primary N) is 1. The zero-order valence-electron chi connectivity index (χ0n) is 10.4. The van der Waals surface area contributed by atoms with Crippen molar-refractivity contribution in [2.24, 2.45) is 5.73 Å². The molecule has 0 saturated heterocycles. The second-order valence-corrected chi connectivity index (χ2v) is 4.84. The lowest BCUT2D eigenvalue weighted by molar-refractivity contribution is -0.137. The summed E-state index contributed by atoms with van der Waals surface area (Å²) in [7, 11) is 0. The lowest BCUT2D eigenvalue weighted by Gasteiger charge is -2.23. The Morgan fingerprint density at radius 2 is 1.78 bits per heavy atom. The molecule has 6 heteroatoms. The van der Waals surface area contributed by atoms with E-state index in [0.29, 0.717) is 0 Å². The van der Waals surface area contributed by atoms with Crippen molar-refractivity contribution in [1.82, 2.24) is 0 Å². The van der Waals surface area contributed by atoms with E-state index in [1.54, 1.807) is 20.8 Å². The Morgan fingerprint density at radius 1 is 1.22 bits per heavy atom. The molecular weight excluding hydrogens is 245 g/mol. The average Bonchev–Trinajstić information content (AvgIpc) is 2.13. The first kappa shape index (κ1) is 14.3. The van der Waals surface area contributed by atoms with Crippen LogP contribution in [0.1, 0.15) is 31.9 Å². The highest BCUT2D eigenvalue weighted by Crippen LogP contribution is 2.33. The molecule has 3 N–H and O–H groups in total. The molecule has 18 heavy (non-hydrogen) atoms. The molecule has 0 amide bonds. The third-order valence-corrected chi connectivity index (χ3v) is 2.01. The quantitative estimate of drug-likeness (QED) is 0.633. The van der Waals surface area contributed by atoms with Gasteiger partial charge in [0.05, 0.1) is 11.1 Å². The number of hydrogen-bond acceptors (Lipinski definition) is 2. The van der Waals surface area contributed by atoms with Gasteiger partial charge in [-0.05, 0) is 39.0 Å². The van der Waals surface area contributed by atoms with Crippen molar-refractivity contribution < 1.29 is 17.9 Å². The molecule has 0 radical (unpaired) electrons. The summed E-state index contributed by atoms with van der Waals surface area (Å²) in [6.45, 7) is 5.28. The Morgan fingerprint density at radius 3 is 2.17 bits per heavy atom. The fourth-order valence-electron chi connectivity index (χ4n) is 1.34. The Hall–Kier alpha value is -1.72. The van der Waals surface area contributed by atoms with Crippen LogP contribution in [0.2, 0.25) is 0 Å². The molecule has 3 nitrogen and oxygen atoms in total. The van der Waals surface area contributed by atoms with Crippen molar-refractivity contribution in [3.05, 3.63) is 29.3 Å². The SMILES string of the molecule is CC(C)(C)Oc1ccc(C(F)(F)F)cc1C(=N)N. The average molecular weight is 260 g/mol. The van der Waals surface area contributed by atoms with Gasteiger partial charge in [0.1, 0.15) is 17.2 Å². The number of benzene rings is 1. The van der Waals surface area contributed by atoms with E-state index in [0.717, 1.165) is 12.1 Å². The van der Waals surface area contributed by atoms with Crippen LogP contribution in [0.3, 0.4) is 0 Å². The first-order chi connectivity index (χ1) is 8.00. The van der Waals surface area contributed by atoms with Crippen LogP contribution in [0.4, 0.5) is 13.2 Å². The van der Waals surface area contributed by atoms with E-state index in [9.17, 15) is 13.2 Å². The Kier molecular flexibility index (Phi) is 3.59. The van der Waals surface area contributed by atoms with Crippen LogP contribution in [-0.4, -0.2) is 11.4 Å². The summed E-state index contributed by atoms with van der Waals surface area (Å²) >= 11 is 0. The van der Waals surface area contributed by atoms with Gasteiger partial charge in [0.25, 0.3) is 0 Å². The minimum absolute atomic E-state index is 0.0558. The molecule has 0 spiro atoms. The van der Waals surface area contributed by atoms with Crippen molar-refractivity contribution in [3.8, 4) is 5.75 Å². The Labute approximate surface area is 103 Å². The highest BCUT2D eigenvalue weighted by Gasteiger charge is 2.31. The fraction of sp³-hybridized carbons (Fsp3) is 0.417. The zero-order chi connectivity index (χ0) is 14.1. The van der Waals surface area contributed by atoms with E-state index >= 15 is 0 Å². The normalized spacial score (nSPS) is 12.3. The van der Waals surface area contributed by atoms with Crippen LogP contribution >= 0.6 is 0 Å². The van der Waals surface area contributed by atoms with Gasteiger partial charge >= 0.3 is 6.18 Å². The Bertz CT molecular complexity index is 461. The first-order valence-electron chi connectivity index (χ1n) is 5.25. The molecular formula is C12H15F3N2O. The number of hydrogen-bond donors (Lipinski definition) is 2. The minimum atomic E-state index is -4.47. The number of nitrogen functional groups attached to an aromatic ring is 1. The van der Waals surface area contributed by atoms with Gasteiger partial charge in [-0.15, -0.1) is 0 Å². The van der Waals surface area contributed by atoms with Crippen molar-refractivity contribution in [3.63, 3.8) is 0 Å². The molecule has 0 unspecified atom stereocenters. The van der Waals surface area contributed by atoms with Crippen molar-refractivity contribution in [1.29, 1.82) is 5.41 Å². The number of ether oxygens (including phenoxy) is 1. The molecule has 0 saturated carbocycles. The van der Waals surface area contributed by atoms with Crippen LogP contribution in [-0.2, 0) is 6.18 Å². The molecule has 100 valence electrons. The van der Waals surface area contributed by atoms with E-state index < -0.39 is 23.2 Å². The monoisotopic (exact) mass is 260 g/mol. The van der Waals surface area contributed by atoms with Crippen molar-refractivity contribution in [2.45, 2.75) is 32.5 Å². The minimum Gasteiger partial charge on any atom is -0.487 e.